The van der Waals surface area contributed by atoms with Gasteiger partial charge in [-0.3, -0.25) is 4.18 Å². The lowest BCUT2D eigenvalue weighted by Crippen LogP contribution is -2.13. The molecule has 0 aromatic carbocycles. The van der Waals surface area contributed by atoms with E-state index in [0.29, 0.717) is 12.5 Å². The Balaban J connectivity index is 4.13. The molecule has 0 fully saturated rings. The largest absolute Gasteiger partial charge is 0.270 e. The van der Waals surface area contributed by atoms with Gasteiger partial charge in [0.2, 0.25) is 0 Å². The molecule has 0 aliphatic heterocycles. The summed E-state index contributed by atoms with van der Waals surface area (Å²) < 4.78 is 27.2. The van der Waals surface area contributed by atoms with Crippen LogP contribution in [0, 0.1) is 5.92 Å². The summed E-state index contributed by atoms with van der Waals surface area (Å²) >= 11 is 0. The van der Waals surface area contributed by atoms with E-state index in [9.17, 15) is 8.42 Å². The monoisotopic (exact) mass is 316 g/mol. The molecule has 0 aliphatic rings. The second kappa shape index (κ2) is 13.1. The maximum atomic E-state index is 11.1. The maximum absolute atomic E-state index is 11.1. The number of rotatable bonds is 13. The summed E-state index contributed by atoms with van der Waals surface area (Å²) in [6.07, 6.45) is 18.4. The van der Waals surface area contributed by atoms with Crippen LogP contribution in [-0.4, -0.2) is 21.3 Å². The Bertz CT molecular complexity index is 363. The molecule has 0 aliphatic carbocycles. The molecule has 0 N–H and O–H groups in total. The van der Waals surface area contributed by atoms with Crippen molar-refractivity contribution in [3.63, 3.8) is 0 Å². The minimum absolute atomic E-state index is 0.303. The van der Waals surface area contributed by atoms with Crippen LogP contribution in [0.5, 0.6) is 0 Å². The van der Waals surface area contributed by atoms with Gasteiger partial charge in [0.1, 0.15) is 0 Å². The molecular formula is C17H32O3S. The quantitative estimate of drug-likeness (QED) is 0.360. The molecule has 0 spiro atoms. The molecule has 1 atom stereocenters. The molecule has 124 valence electrons. The first-order chi connectivity index (χ1) is 9.99. The number of hydrogen-bond acceptors (Lipinski definition) is 3. The van der Waals surface area contributed by atoms with Gasteiger partial charge < -0.3 is 0 Å². The van der Waals surface area contributed by atoms with Crippen LogP contribution in [0.4, 0.5) is 0 Å². The molecular weight excluding hydrogens is 284 g/mol. The summed E-state index contributed by atoms with van der Waals surface area (Å²) in [6, 6.07) is 0. The van der Waals surface area contributed by atoms with E-state index >= 15 is 0 Å². The summed E-state index contributed by atoms with van der Waals surface area (Å²) in [5.74, 6) is 0.303. The molecule has 4 heteroatoms. The molecule has 0 aromatic heterocycles. The van der Waals surface area contributed by atoms with Crippen molar-refractivity contribution in [2.24, 2.45) is 5.92 Å². The molecule has 0 saturated heterocycles. The lowest BCUT2D eigenvalue weighted by Gasteiger charge is -2.14. The highest BCUT2D eigenvalue weighted by Gasteiger charge is 2.11. The first-order valence-corrected chi connectivity index (χ1v) is 9.95. The average Bonchev–Trinajstić information content (AvgIpc) is 2.42. The van der Waals surface area contributed by atoms with Gasteiger partial charge in [-0.15, -0.1) is 0 Å². The van der Waals surface area contributed by atoms with E-state index in [-0.39, 0.29) is 0 Å². The smallest absolute Gasteiger partial charge is 0.264 e. The van der Waals surface area contributed by atoms with Gasteiger partial charge in [0, 0.05) is 0 Å². The van der Waals surface area contributed by atoms with Crippen molar-refractivity contribution in [1.82, 2.24) is 0 Å². The van der Waals surface area contributed by atoms with Crippen LogP contribution in [-0.2, 0) is 14.3 Å². The fraction of sp³-hybridized carbons (Fsp3) is 0.765. The normalized spacial score (nSPS) is 14.2. The number of unbranched alkanes of at least 4 members (excludes halogenated alkanes) is 2. The summed E-state index contributed by atoms with van der Waals surface area (Å²) in [6.45, 7) is 4.63. The molecule has 0 bridgehead atoms. The molecule has 0 saturated carbocycles. The Morgan fingerprint density at radius 2 is 1.29 bits per heavy atom. The van der Waals surface area contributed by atoms with E-state index in [1.54, 1.807) is 0 Å². The SMILES string of the molecule is CCCC=CCCC(CC/C=C\CCC)COS(C)(=O)=O. The standard InChI is InChI=1S/C17H32O3S/c1-4-6-8-10-12-14-17(16-20-21(3,18)19)15-13-11-9-7-5-2/h8-11,17H,4-7,12-16H2,1-3H3/b10-8-,11-9?. The highest BCUT2D eigenvalue weighted by molar-refractivity contribution is 7.85. The number of hydrogen-bond donors (Lipinski definition) is 0. The van der Waals surface area contributed by atoms with Crippen molar-refractivity contribution in [1.29, 1.82) is 0 Å². The van der Waals surface area contributed by atoms with Gasteiger partial charge in [0.15, 0.2) is 0 Å². The van der Waals surface area contributed by atoms with Crippen molar-refractivity contribution in [3.8, 4) is 0 Å². The van der Waals surface area contributed by atoms with Crippen LogP contribution in [0.15, 0.2) is 24.3 Å². The Kier molecular flexibility index (Phi) is 12.7. The van der Waals surface area contributed by atoms with E-state index in [0.717, 1.165) is 44.8 Å². The van der Waals surface area contributed by atoms with Crippen LogP contribution in [0.2, 0.25) is 0 Å². The van der Waals surface area contributed by atoms with E-state index in [1.807, 2.05) is 0 Å². The van der Waals surface area contributed by atoms with Gasteiger partial charge in [-0.05, 0) is 44.4 Å². The summed E-state index contributed by atoms with van der Waals surface area (Å²) in [7, 11) is -3.33. The number of allylic oxidation sites excluding steroid dienone is 4. The van der Waals surface area contributed by atoms with Gasteiger partial charge in [-0.1, -0.05) is 51.0 Å². The van der Waals surface area contributed by atoms with E-state index < -0.39 is 10.1 Å². The second-order valence-corrected chi connectivity index (χ2v) is 7.17. The van der Waals surface area contributed by atoms with Crippen LogP contribution in [0.3, 0.4) is 0 Å². The zero-order valence-corrected chi connectivity index (χ0v) is 14.7. The molecule has 21 heavy (non-hydrogen) atoms. The fourth-order valence-electron chi connectivity index (χ4n) is 2.00. The van der Waals surface area contributed by atoms with Crippen molar-refractivity contribution in [3.05, 3.63) is 24.3 Å². The molecule has 0 amide bonds. The Hall–Kier alpha value is -0.610. The summed E-state index contributed by atoms with van der Waals surface area (Å²) in [5, 5.41) is 0. The first-order valence-electron chi connectivity index (χ1n) is 8.14. The van der Waals surface area contributed by atoms with Crippen molar-refractivity contribution < 1.29 is 12.6 Å². The van der Waals surface area contributed by atoms with Crippen LogP contribution in [0.25, 0.3) is 0 Å². The van der Waals surface area contributed by atoms with Gasteiger partial charge >= 0.3 is 0 Å². The first kappa shape index (κ1) is 20.4. The lowest BCUT2D eigenvalue weighted by molar-refractivity contribution is 0.240. The fourth-order valence-corrected chi connectivity index (χ4v) is 2.44. The van der Waals surface area contributed by atoms with Gasteiger partial charge in [0.25, 0.3) is 10.1 Å². The van der Waals surface area contributed by atoms with E-state index in [1.165, 1.54) is 12.8 Å². The summed E-state index contributed by atoms with van der Waals surface area (Å²) in [5.41, 5.74) is 0. The van der Waals surface area contributed by atoms with E-state index in [2.05, 4.69) is 38.2 Å². The molecule has 1 unspecified atom stereocenters. The molecule has 0 rings (SSSR count). The second-order valence-electron chi connectivity index (χ2n) is 5.53. The third kappa shape index (κ3) is 15.6. The summed E-state index contributed by atoms with van der Waals surface area (Å²) in [4.78, 5) is 0. The topological polar surface area (TPSA) is 43.4 Å². The van der Waals surface area contributed by atoms with Crippen molar-refractivity contribution in [2.75, 3.05) is 12.9 Å². The zero-order chi connectivity index (χ0) is 16.0. The minimum atomic E-state index is -3.33. The lowest BCUT2D eigenvalue weighted by atomic mass is 9.98. The predicted octanol–water partition coefficient (Wildman–Crippen LogP) is 4.85. The molecule has 0 aromatic rings. The molecule has 3 nitrogen and oxygen atoms in total. The Labute approximate surface area is 131 Å². The zero-order valence-electron chi connectivity index (χ0n) is 13.9. The van der Waals surface area contributed by atoms with Crippen LogP contribution >= 0.6 is 0 Å². The maximum Gasteiger partial charge on any atom is 0.264 e. The van der Waals surface area contributed by atoms with E-state index in [4.69, 9.17) is 4.18 Å². The van der Waals surface area contributed by atoms with Gasteiger partial charge in [-0.2, -0.15) is 8.42 Å². The Morgan fingerprint density at radius 3 is 1.67 bits per heavy atom. The van der Waals surface area contributed by atoms with Gasteiger partial charge in [-0.25, -0.2) is 0 Å². The average molecular weight is 317 g/mol. The van der Waals surface area contributed by atoms with Crippen molar-refractivity contribution >= 4 is 10.1 Å². The minimum Gasteiger partial charge on any atom is -0.270 e. The highest BCUT2D eigenvalue weighted by atomic mass is 32.2. The van der Waals surface area contributed by atoms with Crippen molar-refractivity contribution in [2.45, 2.75) is 65.2 Å². The highest BCUT2D eigenvalue weighted by Crippen LogP contribution is 2.16. The van der Waals surface area contributed by atoms with Gasteiger partial charge in [0.05, 0.1) is 12.9 Å². The van der Waals surface area contributed by atoms with Crippen LogP contribution in [0.1, 0.15) is 65.2 Å². The third-order valence-electron chi connectivity index (χ3n) is 3.25. The third-order valence-corrected chi connectivity index (χ3v) is 3.81. The predicted molar refractivity (Wildman–Crippen MR) is 90.8 cm³/mol. The molecule has 0 radical (unpaired) electrons. The Morgan fingerprint density at radius 1 is 0.857 bits per heavy atom. The molecule has 0 heterocycles. The van der Waals surface area contributed by atoms with Crippen LogP contribution < -0.4 is 0 Å².